The maximum absolute atomic E-state index is 12.3. The lowest BCUT2D eigenvalue weighted by Crippen LogP contribution is -2.19. The van der Waals surface area contributed by atoms with Crippen molar-refractivity contribution in [1.29, 1.82) is 0 Å². The van der Waals surface area contributed by atoms with Crippen LogP contribution < -0.4 is 10.2 Å². The molecule has 32 heavy (non-hydrogen) atoms. The maximum atomic E-state index is 12.3. The summed E-state index contributed by atoms with van der Waals surface area (Å²) in [5.74, 6) is 0.527. The summed E-state index contributed by atoms with van der Waals surface area (Å²) in [6.07, 6.45) is 1.91. The van der Waals surface area contributed by atoms with Gasteiger partial charge in [0.15, 0.2) is 0 Å². The third-order valence-electron chi connectivity index (χ3n) is 4.90. The van der Waals surface area contributed by atoms with E-state index in [0.717, 1.165) is 36.4 Å². The molecule has 4 nitrogen and oxygen atoms in total. The van der Waals surface area contributed by atoms with Gasteiger partial charge in [0.25, 0.3) is 0 Å². The predicted octanol–water partition coefficient (Wildman–Crippen LogP) is 6.64. The summed E-state index contributed by atoms with van der Waals surface area (Å²) in [6.45, 7) is 0.433. The lowest BCUT2D eigenvalue weighted by atomic mass is 10.0. The molecule has 4 rings (SSSR count). The van der Waals surface area contributed by atoms with E-state index < -0.39 is 0 Å². The minimum Gasteiger partial charge on any atom is -0.488 e. The van der Waals surface area contributed by atoms with Crippen LogP contribution in [0.3, 0.4) is 0 Å². The minimum atomic E-state index is -0.180. The van der Waals surface area contributed by atoms with Crippen LogP contribution in [-0.2, 0) is 17.8 Å². The van der Waals surface area contributed by atoms with E-state index in [-0.39, 0.29) is 12.3 Å². The molecule has 0 atom stereocenters. The van der Waals surface area contributed by atoms with Gasteiger partial charge in [0.05, 0.1) is 12.6 Å². The maximum Gasteiger partial charge on any atom is 0.244 e. The topological polar surface area (TPSA) is 50.7 Å². The number of halogens is 2. The van der Waals surface area contributed by atoms with E-state index in [1.165, 1.54) is 0 Å². The molecular weight excluding hydrogens is 532 g/mol. The molecule has 0 unspecified atom stereocenters. The molecule has 0 aliphatic carbocycles. The Morgan fingerprint density at radius 1 is 0.844 bits per heavy atom. The number of carbonyl (C=O) groups is 1. The van der Waals surface area contributed by atoms with Crippen molar-refractivity contribution in [1.82, 2.24) is 5.43 Å². The summed E-state index contributed by atoms with van der Waals surface area (Å²) >= 11 is 6.85. The third kappa shape index (κ3) is 5.84. The normalized spacial score (nSPS) is 11.1. The highest BCUT2D eigenvalue weighted by molar-refractivity contribution is 9.10. The van der Waals surface area contributed by atoms with Crippen LogP contribution in [0.15, 0.2) is 99.0 Å². The van der Waals surface area contributed by atoms with Crippen LogP contribution in [0.4, 0.5) is 0 Å². The van der Waals surface area contributed by atoms with Crippen LogP contribution in [0.25, 0.3) is 10.8 Å². The van der Waals surface area contributed by atoms with Gasteiger partial charge >= 0.3 is 0 Å². The highest BCUT2D eigenvalue weighted by Crippen LogP contribution is 2.27. The zero-order valence-electron chi connectivity index (χ0n) is 17.1. The second kappa shape index (κ2) is 10.6. The molecule has 0 aliphatic rings. The molecule has 0 aliphatic heterocycles. The summed E-state index contributed by atoms with van der Waals surface area (Å²) in [7, 11) is 0. The predicted molar refractivity (Wildman–Crippen MR) is 136 cm³/mol. The van der Waals surface area contributed by atoms with Gasteiger partial charge in [-0.15, -0.1) is 0 Å². The first-order valence-electron chi connectivity index (χ1n) is 10.0. The summed E-state index contributed by atoms with van der Waals surface area (Å²) in [5, 5.41) is 6.29. The van der Waals surface area contributed by atoms with E-state index in [4.69, 9.17) is 4.74 Å². The number of hydrogen-bond acceptors (Lipinski definition) is 3. The van der Waals surface area contributed by atoms with E-state index in [1.54, 1.807) is 6.21 Å². The molecule has 0 spiro atoms. The Morgan fingerprint density at radius 2 is 1.50 bits per heavy atom. The second-order valence-corrected chi connectivity index (χ2v) is 9.04. The molecule has 0 bridgehead atoms. The fraction of sp³-hybridized carbons (Fsp3) is 0.0769. The van der Waals surface area contributed by atoms with Crippen molar-refractivity contribution in [3.63, 3.8) is 0 Å². The quantitative estimate of drug-likeness (QED) is 0.207. The van der Waals surface area contributed by atoms with Crippen molar-refractivity contribution in [2.45, 2.75) is 13.0 Å². The SMILES string of the molecule is O=C(Cc1ccc(Br)cc1)N/N=C\c1c(OCc2ccc(Br)cc2)ccc2ccccc12. The van der Waals surface area contributed by atoms with Crippen molar-refractivity contribution in [3.05, 3.63) is 111 Å². The van der Waals surface area contributed by atoms with Gasteiger partial charge in [-0.25, -0.2) is 5.43 Å². The van der Waals surface area contributed by atoms with Gasteiger partial charge in [-0.2, -0.15) is 5.10 Å². The number of amides is 1. The zero-order valence-corrected chi connectivity index (χ0v) is 20.3. The first-order chi connectivity index (χ1) is 15.6. The monoisotopic (exact) mass is 550 g/mol. The molecule has 4 aromatic carbocycles. The smallest absolute Gasteiger partial charge is 0.244 e. The van der Waals surface area contributed by atoms with Gasteiger partial charge in [0.2, 0.25) is 5.91 Å². The standard InChI is InChI=1S/C26H20Br2N2O2/c27-21-10-5-18(6-11-21)15-26(31)30-29-16-24-23-4-2-1-3-20(23)9-14-25(24)32-17-19-7-12-22(28)13-8-19/h1-14,16H,15,17H2,(H,30,31)/b29-16-. The van der Waals surface area contributed by atoms with Crippen LogP contribution in [0.1, 0.15) is 16.7 Å². The van der Waals surface area contributed by atoms with Gasteiger partial charge in [0, 0.05) is 14.5 Å². The number of nitrogens with zero attached hydrogens (tertiary/aromatic N) is 1. The first-order valence-corrected chi connectivity index (χ1v) is 11.6. The summed E-state index contributed by atoms with van der Waals surface area (Å²) in [4.78, 5) is 12.3. The van der Waals surface area contributed by atoms with E-state index in [2.05, 4.69) is 42.4 Å². The molecule has 4 aromatic rings. The average molecular weight is 552 g/mol. The molecule has 0 saturated heterocycles. The second-order valence-electron chi connectivity index (χ2n) is 7.21. The van der Waals surface area contributed by atoms with E-state index >= 15 is 0 Å². The third-order valence-corrected chi connectivity index (χ3v) is 5.96. The van der Waals surface area contributed by atoms with Gasteiger partial charge in [-0.05, 0) is 52.2 Å². The fourth-order valence-corrected chi connectivity index (χ4v) is 3.80. The number of hydrogen-bond donors (Lipinski definition) is 1. The number of rotatable bonds is 7. The molecular formula is C26H20Br2N2O2. The Kier molecular flexibility index (Phi) is 7.35. The zero-order chi connectivity index (χ0) is 22.3. The number of benzene rings is 4. The first kappa shape index (κ1) is 22.2. The van der Waals surface area contributed by atoms with Gasteiger partial charge in [0.1, 0.15) is 12.4 Å². The fourth-order valence-electron chi connectivity index (χ4n) is 3.27. The Morgan fingerprint density at radius 3 is 2.22 bits per heavy atom. The van der Waals surface area contributed by atoms with Crippen LogP contribution in [0.5, 0.6) is 5.75 Å². The number of nitrogens with one attached hydrogen (secondary N) is 1. The molecule has 6 heteroatoms. The lowest BCUT2D eigenvalue weighted by molar-refractivity contribution is -0.120. The Balaban J connectivity index is 1.51. The van der Waals surface area contributed by atoms with E-state index in [1.807, 2.05) is 84.9 Å². The van der Waals surface area contributed by atoms with Crippen molar-refractivity contribution in [3.8, 4) is 5.75 Å². The number of carbonyl (C=O) groups excluding carboxylic acids is 1. The molecule has 0 heterocycles. The summed E-state index contributed by atoms with van der Waals surface area (Å²) in [6, 6.07) is 27.6. The van der Waals surface area contributed by atoms with Crippen molar-refractivity contribution in [2.75, 3.05) is 0 Å². The van der Waals surface area contributed by atoms with Crippen molar-refractivity contribution in [2.24, 2.45) is 5.10 Å². The van der Waals surface area contributed by atoms with Crippen LogP contribution >= 0.6 is 31.9 Å². The average Bonchev–Trinajstić information content (AvgIpc) is 2.81. The highest BCUT2D eigenvalue weighted by Gasteiger charge is 2.08. The van der Waals surface area contributed by atoms with E-state index in [9.17, 15) is 4.79 Å². The molecule has 1 N–H and O–H groups in total. The molecule has 1 amide bonds. The number of hydrazone groups is 1. The summed E-state index contributed by atoms with van der Waals surface area (Å²) in [5.41, 5.74) is 5.43. The molecule has 0 radical (unpaired) electrons. The molecule has 160 valence electrons. The van der Waals surface area contributed by atoms with Crippen LogP contribution in [0.2, 0.25) is 0 Å². The minimum absolute atomic E-state index is 0.180. The Hall–Kier alpha value is -2.96. The van der Waals surface area contributed by atoms with Crippen LogP contribution in [-0.4, -0.2) is 12.1 Å². The van der Waals surface area contributed by atoms with Crippen LogP contribution in [0, 0.1) is 0 Å². The molecule has 0 aromatic heterocycles. The lowest BCUT2D eigenvalue weighted by Gasteiger charge is -2.12. The van der Waals surface area contributed by atoms with Gasteiger partial charge in [-0.1, -0.05) is 86.5 Å². The van der Waals surface area contributed by atoms with Crippen molar-refractivity contribution < 1.29 is 9.53 Å². The number of ether oxygens (including phenoxy) is 1. The molecule has 0 saturated carbocycles. The van der Waals surface area contributed by atoms with Gasteiger partial charge in [-0.3, -0.25) is 4.79 Å². The molecule has 0 fully saturated rings. The Bertz CT molecular complexity index is 1250. The van der Waals surface area contributed by atoms with Crippen molar-refractivity contribution >= 4 is 54.8 Å². The Labute approximate surface area is 203 Å². The number of fused-ring (bicyclic) bond motifs is 1. The largest absolute Gasteiger partial charge is 0.488 e. The van der Waals surface area contributed by atoms with E-state index in [0.29, 0.717) is 12.4 Å². The highest BCUT2D eigenvalue weighted by atomic mass is 79.9. The summed E-state index contributed by atoms with van der Waals surface area (Å²) < 4.78 is 8.12. The van der Waals surface area contributed by atoms with Gasteiger partial charge < -0.3 is 4.74 Å².